The second-order valence-electron chi connectivity index (χ2n) is 4.97. The summed E-state index contributed by atoms with van der Waals surface area (Å²) in [4.78, 5) is 0. The van der Waals surface area contributed by atoms with Gasteiger partial charge in [-0.15, -0.1) is 5.10 Å². The van der Waals surface area contributed by atoms with Crippen LogP contribution in [0.1, 0.15) is 11.1 Å². The summed E-state index contributed by atoms with van der Waals surface area (Å²) in [5.74, 6) is 0. The highest BCUT2D eigenvalue weighted by Gasteiger charge is 2.34. The second-order valence-corrected chi connectivity index (χ2v) is 5.99. The van der Waals surface area contributed by atoms with Crippen LogP contribution >= 0.6 is 22.6 Å². The molecule has 3 aromatic rings. The first-order valence-electron chi connectivity index (χ1n) is 6.90. The van der Waals surface area contributed by atoms with Gasteiger partial charge in [0.05, 0.1) is 17.9 Å². The molecule has 0 atom stereocenters. The number of rotatable bonds is 3. The highest BCUT2D eigenvalue weighted by Crippen LogP contribution is 2.37. The maximum absolute atomic E-state index is 13.2. The molecular formula is C16H11F3IN3O. The van der Waals surface area contributed by atoms with Gasteiger partial charge in [-0.1, -0.05) is 41.6 Å². The molecule has 0 spiro atoms. The zero-order valence-electron chi connectivity index (χ0n) is 12.1. The molecule has 1 aromatic heterocycles. The number of aliphatic hydroxyl groups excluding tert-OH is 1. The van der Waals surface area contributed by atoms with Gasteiger partial charge in [-0.3, -0.25) is 0 Å². The summed E-state index contributed by atoms with van der Waals surface area (Å²) < 4.78 is 41.5. The lowest BCUT2D eigenvalue weighted by molar-refractivity contribution is -0.137. The van der Waals surface area contributed by atoms with Crippen molar-refractivity contribution in [3.63, 3.8) is 0 Å². The van der Waals surface area contributed by atoms with Crippen molar-refractivity contribution in [1.29, 1.82) is 0 Å². The molecule has 0 fully saturated rings. The zero-order valence-corrected chi connectivity index (χ0v) is 14.3. The smallest absolute Gasteiger partial charge is 0.392 e. The van der Waals surface area contributed by atoms with Crippen LogP contribution in [0.2, 0.25) is 0 Å². The van der Waals surface area contributed by atoms with Crippen LogP contribution < -0.4 is 0 Å². The van der Waals surface area contributed by atoms with Crippen LogP contribution in [0, 0.1) is 3.70 Å². The van der Waals surface area contributed by atoms with E-state index in [1.807, 2.05) is 22.6 Å². The minimum atomic E-state index is -4.48. The van der Waals surface area contributed by atoms with Gasteiger partial charge in [0, 0.05) is 11.1 Å². The van der Waals surface area contributed by atoms with Crippen LogP contribution in [-0.4, -0.2) is 20.1 Å². The summed E-state index contributed by atoms with van der Waals surface area (Å²) in [5, 5.41) is 17.3. The third kappa shape index (κ3) is 3.03. The second kappa shape index (κ2) is 6.52. The van der Waals surface area contributed by atoms with Gasteiger partial charge in [0.25, 0.3) is 0 Å². The predicted molar refractivity (Wildman–Crippen MR) is 90.4 cm³/mol. The molecule has 2 aromatic carbocycles. The van der Waals surface area contributed by atoms with E-state index in [-0.39, 0.29) is 17.9 Å². The van der Waals surface area contributed by atoms with Crippen LogP contribution in [0.25, 0.3) is 16.9 Å². The van der Waals surface area contributed by atoms with Gasteiger partial charge >= 0.3 is 6.18 Å². The van der Waals surface area contributed by atoms with E-state index in [9.17, 15) is 18.3 Å². The quantitative estimate of drug-likeness (QED) is 0.620. The van der Waals surface area contributed by atoms with Gasteiger partial charge in [-0.2, -0.15) is 13.2 Å². The SMILES string of the molecule is OCc1ccccc1-n1nnc(-c2ccccc2C(F)(F)F)c1I. The largest absolute Gasteiger partial charge is 0.417 e. The highest BCUT2D eigenvalue weighted by molar-refractivity contribution is 14.1. The van der Waals surface area contributed by atoms with Crippen molar-refractivity contribution in [2.24, 2.45) is 0 Å². The molecular weight excluding hydrogens is 434 g/mol. The van der Waals surface area contributed by atoms with Gasteiger partial charge in [-0.05, 0) is 34.7 Å². The van der Waals surface area contributed by atoms with Crippen molar-refractivity contribution >= 4 is 22.6 Å². The summed E-state index contributed by atoms with van der Waals surface area (Å²) >= 11 is 1.91. The molecule has 1 N–H and O–H groups in total. The van der Waals surface area contributed by atoms with Gasteiger partial charge in [0.1, 0.15) is 9.39 Å². The fourth-order valence-corrected chi connectivity index (χ4v) is 3.13. The highest BCUT2D eigenvalue weighted by atomic mass is 127. The van der Waals surface area contributed by atoms with Gasteiger partial charge in [-0.25, -0.2) is 4.68 Å². The first kappa shape index (κ1) is 16.9. The lowest BCUT2D eigenvalue weighted by Gasteiger charge is -2.11. The van der Waals surface area contributed by atoms with Crippen molar-refractivity contribution in [3.8, 4) is 16.9 Å². The molecule has 124 valence electrons. The number of aromatic nitrogens is 3. The maximum Gasteiger partial charge on any atom is 0.417 e. The lowest BCUT2D eigenvalue weighted by Crippen LogP contribution is -2.07. The van der Waals surface area contributed by atoms with Crippen molar-refractivity contribution < 1.29 is 18.3 Å². The van der Waals surface area contributed by atoms with Gasteiger partial charge in [0.15, 0.2) is 0 Å². The Labute approximate surface area is 149 Å². The number of benzene rings is 2. The van der Waals surface area contributed by atoms with E-state index < -0.39 is 11.7 Å². The molecule has 0 amide bonds. The molecule has 0 unspecified atom stereocenters. The molecule has 3 rings (SSSR count). The maximum atomic E-state index is 13.2. The first-order chi connectivity index (χ1) is 11.4. The summed E-state index contributed by atoms with van der Waals surface area (Å²) in [7, 11) is 0. The third-order valence-electron chi connectivity index (χ3n) is 3.49. The van der Waals surface area contributed by atoms with E-state index in [0.717, 1.165) is 6.07 Å². The molecule has 1 heterocycles. The number of alkyl halides is 3. The van der Waals surface area contributed by atoms with Crippen LogP contribution in [0.4, 0.5) is 13.2 Å². The van der Waals surface area contributed by atoms with Crippen LogP contribution in [0.3, 0.4) is 0 Å². The van der Waals surface area contributed by atoms with Gasteiger partial charge in [0.2, 0.25) is 0 Å². The summed E-state index contributed by atoms with van der Waals surface area (Å²) in [5.41, 5.74) is 0.549. The van der Waals surface area contributed by atoms with E-state index in [0.29, 0.717) is 15.0 Å². The van der Waals surface area contributed by atoms with Crippen molar-refractivity contribution in [3.05, 3.63) is 63.4 Å². The van der Waals surface area contributed by atoms with Crippen LogP contribution in [-0.2, 0) is 12.8 Å². The Bertz CT molecular complexity index is 877. The number of hydrogen-bond donors (Lipinski definition) is 1. The summed E-state index contributed by atoms with van der Waals surface area (Å²) in [6.07, 6.45) is -4.48. The molecule has 0 saturated carbocycles. The van der Waals surface area contributed by atoms with E-state index in [1.165, 1.54) is 22.9 Å². The molecule has 24 heavy (non-hydrogen) atoms. The Morgan fingerprint density at radius 3 is 2.42 bits per heavy atom. The van der Waals surface area contributed by atoms with Crippen molar-refractivity contribution in [2.75, 3.05) is 0 Å². The zero-order chi connectivity index (χ0) is 17.3. The van der Waals surface area contributed by atoms with Crippen molar-refractivity contribution in [2.45, 2.75) is 12.8 Å². The molecule has 0 radical (unpaired) electrons. The Balaban J connectivity index is 2.16. The first-order valence-corrected chi connectivity index (χ1v) is 7.98. The monoisotopic (exact) mass is 445 g/mol. The van der Waals surface area contributed by atoms with E-state index in [2.05, 4.69) is 10.3 Å². The van der Waals surface area contributed by atoms with Crippen molar-refractivity contribution in [1.82, 2.24) is 15.0 Å². The Kier molecular flexibility index (Phi) is 4.59. The normalized spacial score (nSPS) is 11.7. The lowest BCUT2D eigenvalue weighted by atomic mass is 10.0. The molecule has 0 bridgehead atoms. The average molecular weight is 445 g/mol. The Hall–Kier alpha value is -1.94. The number of para-hydroxylation sites is 1. The number of hydrogen-bond acceptors (Lipinski definition) is 3. The molecule has 0 saturated heterocycles. The molecule has 4 nitrogen and oxygen atoms in total. The van der Waals surface area contributed by atoms with Crippen LogP contribution in [0.15, 0.2) is 48.5 Å². The van der Waals surface area contributed by atoms with E-state index in [4.69, 9.17) is 0 Å². The molecule has 0 aliphatic carbocycles. The standard InChI is InChI=1S/C16H11F3IN3O/c17-16(18,19)12-7-3-2-6-11(12)14-15(20)23(22-21-14)13-8-4-1-5-10(13)9-24/h1-8,24H,9H2. The van der Waals surface area contributed by atoms with E-state index in [1.54, 1.807) is 24.3 Å². The summed E-state index contributed by atoms with van der Waals surface area (Å²) in [6, 6.07) is 12.2. The Morgan fingerprint density at radius 1 is 1.04 bits per heavy atom. The fraction of sp³-hybridized carbons (Fsp3) is 0.125. The van der Waals surface area contributed by atoms with Gasteiger partial charge < -0.3 is 5.11 Å². The number of nitrogens with zero attached hydrogens (tertiary/aromatic N) is 3. The van der Waals surface area contributed by atoms with Crippen LogP contribution in [0.5, 0.6) is 0 Å². The topological polar surface area (TPSA) is 50.9 Å². The summed E-state index contributed by atoms with van der Waals surface area (Å²) in [6.45, 7) is -0.208. The molecule has 0 aliphatic heterocycles. The number of aliphatic hydroxyl groups is 1. The minimum Gasteiger partial charge on any atom is -0.392 e. The predicted octanol–water partition coefficient (Wildman–Crippen LogP) is 4.05. The minimum absolute atomic E-state index is 0.0258. The fourth-order valence-electron chi connectivity index (χ4n) is 2.38. The Morgan fingerprint density at radius 2 is 1.71 bits per heavy atom. The average Bonchev–Trinajstić information content (AvgIpc) is 2.95. The third-order valence-corrected chi connectivity index (χ3v) is 4.46. The molecule has 0 aliphatic rings. The number of halogens is 4. The van der Waals surface area contributed by atoms with E-state index >= 15 is 0 Å². The molecule has 8 heteroatoms.